The van der Waals surface area contributed by atoms with Crippen LogP contribution in [0.15, 0.2) is 41.3 Å². The summed E-state index contributed by atoms with van der Waals surface area (Å²) in [7, 11) is -3.86. The smallest absolute Gasteiger partial charge is 0.261 e. The number of halogens is 2. The number of nitrogens with one attached hydrogen (secondary N) is 1. The lowest BCUT2D eigenvalue weighted by Gasteiger charge is -2.22. The Bertz CT molecular complexity index is 1040. The van der Waals surface area contributed by atoms with Crippen LogP contribution in [0.1, 0.15) is 25.3 Å². The van der Waals surface area contributed by atoms with E-state index in [0.29, 0.717) is 6.42 Å². The molecule has 1 fully saturated rings. The first-order chi connectivity index (χ1) is 12.8. The highest BCUT2D eigenvalue weighted by atomic mass is 35.5. The second-order valence-electron chi connectivity index (χ2n) is 7.06. The standard InChI is InChI=1S/C19H18ClFN2O3S/c1-11-8-13-9-15(5-7-18(13)23(11)19(24)12-2-3-12)27(25,26)22-14-4-6-17(21)16(20)10-14/h4-7,9-12,22H,2-3,8H2,1H3/t11-/m1/s1. The van der Waals surface area contributed by atoms with Gasteiger partial charge in [0.05, 0.1) is 15.6 Å². The third-order valence-electron chi connectivity index (χ3n) is 4.91. The van der Waals surface area contributed by atoms with Gasteiger partial charge in [0, 0.05) is 17.6 Å². The van der Waals surface area contributed by atoms with E-state index in [1.165, 1.54) is 18.2 Å². The van der Waals surface area contributed by atoms with E-state index < -0.39 is 15.8 Å². The van der Waals surface area contributed by atoms with Gasteiger partial charge in [-0.2, -0.15) is 0 Å². The van der Waals surface area contributed by atoms with Crippen molar-refractivity contribution in [2.45, 2.75) is 37.1 Å². The van der Waals surface area contributed by atoms with Gasteiger partial charge >= 0.3 is 0 Å². The lowest BCUT2D eigenvalue weighted by Crippen LogP contribution is -2.36. The molecule has 0 spiro atoms. The molecular formula is C19H18ClFN2O3S. The molecule has 1 atom stereocenters. The zero-order valence-corrected chi connectivity index (χ0v) is 16.1. The largest absolute Gasteiger partial charge is 0.309 e. The molecule has 0 saturated heterocycles. The van der Waals surface area contributed by atoms with Crippen LogP contribution in [0, 0.1) is 11.7 Å². The lowest BCUT2D eigenvalue weighted by molar-refractivity contribution is -0.120. The number of hydrogen-bond donors (Lipinski definition) is 1. The van der Waals surface area contributed by atoms with Crippen LogP contribution >= 0.6 is 11.6 Å². The van der Waals surface area contributed by atoms with Crippen LogP contribution in [-0.2, 0) is 21.2 Å². The van der Waals surface area contributed by atoms with Gasteiger partial charge in [0.15, 0.2) is 0 Å². The van der Waals surface area contributed by atoms with E-state index in [9.17, 15) is 17.6 Å². The highest BCUT2D eigenvalue weighted by molar-refractivity contribution is 7.92. The predicted octanol–water partition coefficient (Wildman–Crippen LogP) is 3.97. The van der Waals surface area contributed by atoms with E-state index in [2.05, 4.69) is 4.72 Å². The Morgan fingerprint density at radius 1 is 1.22 bits per heavy atom. The van der Waals surface area contributed by atoms with E-state index in [0.717, 1.165) is 30.2 Å². The van der Waals surface area contributed by atoms with E-state index >= 15 is 0 Å². The van der Waals surface area contributed by atoms with Crippen LogP contribution in [0.2, 0.25) is 5.02 Å². The Kier molecular flexibility index (Phi) is 4.39. The van der Waals surface area contributed by atoms with Crippen molar-refractivity contribution in [3.05, 3.63) is 52.8 Å². The van der Waals surface area contributed by atoms with Gasteiger partial charge in [-0.05, 0) is 68.1 Å². The van der Waals surface area contributed by atoms with Crippen molar-refractivity contribution in [3.8, 4) is 0 Å². The second kappa shape index (κ2) is 6.49. The molecule has 2 aromatic rings. The number of amides is 1. The Labute approximate surface area is 162 Å². The minimum Gasteiger partial charge on any atom is -0.309 e. The minimum atomic E-state index is -3.86. The maximum Gasteiger partial charge on any atom is 0.261 e. The first-order valence-electron chi connectivity index (χ1n) is 8.70. The maximum atomic E-state index is 13.3. The van der Waals surface area contributed by atoms with Gasteiger partial charge in [0.1, 0.15) is 5.82 Å². The van der Waals surface area contributed by atoms with Crippen LogP contribution in [0.3, 0.4) is 0 Å². The molecule has 0 radical (unpaired) electrons. The Morgan fingerprint density at radius 2 is 1.96 bits per heavy atom. The Hall–Kier alpha value is -2.12. The molecule has 1 aliphatic carbocycles. The van der Waals surface area contributed by atoms with Crippen molar-refractivity contribution in [1.82, 2.24) is 0 Å². The van der Waals surface area contributed by atoms with Gasteiger partial charge in [-0.25, -0.2) is 12.8 Å². The molecule has 1 heterocycles. The van der Waals surface area contributed by atoms with Crippen molar-refractivity contribution >= 4 is 38.9 Å². The highest BCUT2D eigenvalue weighted by Crippen LogP contribution is 2.39. The number of anilines is 2. The molecule has 1 saturated carbocycles. The number of hydrogen-bond acceptors (Lipinski definition) is 3. The lowest BCUT2D eigenvalue weighted by atomic mass is 10.1. The summed E-state index contributed by atoms with van der Waals surface area (Å²) in [6.45, 7) is 1.97. The number of rotatable bonds is 4. The van der Waals surface area contributed by atoms with Crippen LogP contribution < -0.4 is 9.62 Å². The van der Waals surface area contributed by atoms with Crippen LogP contribution in [-0.4, -0.2) is 20.4 Å². The molecule has 27 heavy (non-hydrogen) atoms. The number of benzene rings is 2. The first kappa shape index (κ1) is 18.3. The number of carbonyl (C=O) groups excluding carboxylic acids is 1. The van der Waals surface area contributed by atoms with Crippen molar-refractivity contribution < 1.29 is 17.6 Å². The molecule has 1 amide bonds. The molecular weight excluding hydrogens is 391 g/mol. The number of fused-ring (bicyclic) bond motifs is 1. The summed E-state index contributed by atoms with van der Waals surface area (Å²) in [6.07, 6.45) is 2.46. The van der Waals surface area contributed by atoms with Crippen molar-refractivity contribution in [2.24, 2.45) is 5.92 Å². The third-order valence-corrected chi connectivity index (χ3v) is 6.58. The van der Waals surface area contributed by atoms with Gasteiger partial charge in [-0.1, -0.05) is 11.6 Å². The fourth-order valence-corrected chi connectivity index (χ4v) is 4.69. The summed E-state index contributed by atoms with van der Waals surface area (Å²) < 4.78 is 41.0. The summed E-state index contributed by atoms with van der Waals surface area (Å²) in [5, 5.41) is -0.160. The molecule has 1 aliphatic heterocycles. The summed E-state index contributed by atoms with van der Waals surface area (Å²) in [5.74, 6) is -0.394. The monoisotopic (exact) mass is 408 g/mol. The first-order valence-corrected chi connectivity index (χ1v) is 10.6. The molecule has 142 valence electrons. The van der Waals surface area contributed by atoms with E-state index in [-0.39, 0.29) is 33.5 Å². The van der Waals surface area contributed by atoms with Crippen LogP contribution in [0.25, 0.3) is 0 Å². The molecule has 0 bridgehead atoms. The zero-order chi connectivity index (χ0) is 19.3. The molecule has 2 aliphatic rings. The minimum absolute atomic E-state index is 0.00918. The molecule has 1 N–H and O–H groups in total. The summed E-state index contributed by atoms with van der Waals surface area (Å²) in [6, 6.07) is 8.41. The van der Waals surface area contributed by atoms with Gasteiger partial charge in [-0.15, -0.1) is 0 Å². The molecule has 2 aromatic carbocycles. The van der Waals surface area contributed by atoms with Gasteiger partial charge in [-0.3, -0.25) is 9.52 Å². The zero-order valence-electron chi connectivity index (χ0n) is 14.6. The average Bonchev–Trinajstić information content (AvgIpc) is 3.39. The number of carbonyl (C=O) groups is 1. The van der Waals surface area contributed by atoms with Crippen molar-refractivity contribution in [1.29, 1.82) is 0 Å². The molecule has 8 heteroatoms. The topological polar surface area (TPSA) is 66.5 Å². The summed E-state index contributed by atoms with van der Waals surface area (Å²) in [4.78, 5) is 14.4. The molecule has 0 aromatic heterocycles. The average molecular weight is 409 g/mol. The van der Waals surface area contributed by atoms with Gasteiger partial charge in [0.25, 0.3) is 10.0 Å². The molecule has 5 nitrogen and oxygen atoms in total. The summed E-state index contributed by atoms with van der Waals surface area (Å²) >= 11 is 5.71. The van der Waals surface area contributed by atoms with Gasteiger partial charge in [0.2, 0.25) is 5.91 Å². The predicted molar refractivity (Wildman–Crippen MR) is 102 cm³/mol. The fourth-order valence-electron chi connectivity index (χ4n) is 3.41. The van der Waals surface area contributed by atoms with Crippen molar-refractivity contribution in [3.63, 3.8) is 0 Å². The quantitative estimate of drug-likeness (QED) is 0.832. The van der Waals surface area contributed by atoms with E-state index in [1.54, 1.807) is 17.0 Å². The second-order valence-corrected chi connectivity index (χ2v) is 9.15. The van der Waals surface area contributed by atoms with E-state index in [1.807, 2.05) is 6.92 Å². The Morgan fingerprint density at radius 3 is 2.63 bits per heavy atom. The number of sulfonamides is 1. The number of nitrogens with zero attached hydrogens (tertiary/aromatic N) is 1. The summed E-state index contributed by atoms with van der Waals surface area (Å²) in [5.41, 5.74) is 1.79. The normalized spacial score (nSPS) is 19.1. The van der Waals surface area contributed by atoms with Gasteiger partial charge < -0.3 is 4.90 Å². The SMILES string of the molecule is C[C@@H]1Cc2cc(S(=O)(=O)Nc3ccc(F)c(Cl)c3)ccc2N1C(=O)C1CC1. The third kappa shape index (κ3) is 3.41. The highest BCUT2D eigenvalue weighted by Gasteiger charge is 2.39. The van der Waals surface area contributed by atoms with E-state index in [4.69, 9.17) is 11.6 Å². The van der Waals surface area contributed by atoms with Crippen LogP contribution in [0.4, 0.5) is 15.8 Å². The van der Waals surface area contributed by atoms with Crippen molar-refractivity contribution in [2.75, 3.05) is 9.62 Å². The molecule has 4 rings (SSSR count). The fraction of sp³-hybridized carbons (Fsp3) is 0.316. The van der Waals surface area contributed by atoms with Crippen LogP contribution in [0.5, 0.6) is 0 Å². The Balaban J connectivity index is 1.62. The maximum absolute atomic E-state index is 13.3. The molecule has 0 unspecified atom stereocenters.